The molecular weight excluding hydrogens is 122 g/mol. The smallest absolute Gasteiger partial charge is 0.340 e. The van der Waals surface area contributed by atoms with Crippen molar-refractivity contribution in [3.8, 4) is 0 Å². The van der Waals surface area contributed by atoms with Gasteiger partial charge in [-0.15, -0.1) is 0 Å². The van der Waals surface area contributed by atoms with Crippen LogP contribution in [0.25, 0.3) is 0 Å². The minimum atomic E-state index is -0.335. The molecule has 0 aromatic carbocycles. The molecule has 1 heterocycles. The highest BCUT2D eigenvalue weighted by atomic mass is 16.3. The predicted octanol–water partition coefficient (Wildman–Crippen LogP) is -1.37. The van der Waals surface area contributed by atoms with Gasteiger partial charge < -0.3 is 5.11 Å². The van der Waals surface area contributed by atoms with Crippen LogP contribution in [0.15, 0.2) is 4.79 Å². The van der Waals surface area contributed by atoms with Gasteiger partial charge in [0.25, 0.3) is 0 Å². The van der Waals surface area contributed by atoms with Gasteiger partial charge in [-0.25, -0.2) is 9.89 Å². The topological polar surface area (TPSA) is 81.8 Å². The molecule has 0 aliphatic rings. The summed E-state index contributed by atoms with van der Waals surface area (Å²) in [6, 6.07) is 0. The molecule has 0 bridgehead atoms. The summed E-state index contributed by atoms with van der Waals surface area (Å²) in [5.74, 6) is 0.488. The van der Waals surface area contributed by atoms with E-state index in [2.05, 4.69) is 15.2 Å². The Balaban J connectivity index is 2.73. The Hall–Kier alpha value is -1.10. The molecule has 0 atom stereocenters. The van der Waals surface area contributed by atoms with Crippen molar-refractivity contribution < 1.29 is 5.11 Å². The Morgan fingerprint density at radius 1 is 1.67 bits per heavy atom. The quantitative estimate of drug-likeness (QED) is 0.461. The van der Waals surface area contributed by atoms with Crippen LogP contribution in [0, 0.1) is 0 Å². The van der Waals surface area contributed by atoms with Crippen LogP contribution in [0.3, 0.4) is 0 Å². The highest BCUT2D eigenvalue weighted by Crippen LogP contribution is 1.80. The Bertz CT molecular complexity index is 226. The highest BCUT2D eigenvalue weighted by Gasteiger charge is 1.93. The van der Waals surface area contributed by atoms with Crippen LogP contribution in [0.4, 0.5) is 0 Å². The van der Waals surface area contributed by atoms with E-state index in [0.29, 0.717) is 12.2 Å². The van der Waals surface area contributed by atoms with Crippen molar-refractivity contribution in [2.45, 2.75) is 6.42 Å². The number of aromatic amines is 2. The normalized spacial score (nSPS) is 9.89. The molecule has 0 radical (unpaired) electrons. The summed E-state index contributed by atoms with van der Waals surface area (Å²) in [4.78, 5) is 12.7. The van der Waals surface area contributed by atoms with Crippen molar-refractivity contribution >= 4 is 0 Å². The molecule has 1 rings (SSSR count). The second-order valence-corrected chi connectivity index (χ2v) is 1.60. The Morgan fingerprint density at radius 2 is 2.44 bits per heavy atom. The van der Waals surface area contributed by atoms with Gasteiger partial charge in [-0.05, 0) is 0 Å². The third-order valence-corrected chi connectivity index (χ3v) is 0.899. The van der Waals surface area contributed by atoms with E-state index >= 15 is 0 Å². The number of nitrogens with zero attached hydrogens (tertiary/aromatic N) is 1. The maximum absolute atomic E-state index is 10.3. The molecule has 1 aromatic rings. The maximum atomic E-state index is 10.3. The number of rotatable bonds is 2. The van der Waals surface area contributed by atoms with E-state index in [1.165, 1.54) is 0 Å². The molecule has 0 spiro atoms. The van der Waals surface area contributed by atoms with Gasteiger partial charge in [0, 0.05) is 6.42 Å². The van der Waals surface area contributed by atoms with Crippen LogP contribution in [-0.2, 0) is 6.42 Å². The third kappa shape index (κ3) is 1.39. The van der Waals surface area contributed by atoms with E-state index in [1.807, 2.05) is 0 Å². The average molecular weight is 129 g/mol. The van der Waals surface area contributed by atoms with Gasteiger partial charge in [0.2, 0.25) is 0 Å². The lowest BCUT2D eigenvalue weighted by molar-refractivity contribution is 0.296. The number of nitrogens with one attached hydrogen (secondary N) is 2. The SMILES string of the molecule is O=c1[nH]nc(CCO)[nH]1. The third-order valence-electron chi connectivity index (χ3n) is 0.899. The van der Waals surface area contributed by atoms with Crippen LogP contribution < -0.4 is 5.69 Å². The van der Waals surface area contributed by atoms with Gasteiger partial charge in [-0.2, -0.15) is 5.10 Å². The van der Waals surface area contributed by atoms with Crippen LogP contribution in [0.5, 0.6) is 0 Å². The molecule has 0 aliphatic heterocycles. The minimum Gasteiger partial charge on any atom is -0.396 e. The molecule has 1 aromatic heterocycles. The van der Waals surface area contributed by atoms with Crippen molar-refractivity contribution in [3.05, 3.63) is 16.3 Å². The minimum absolute atomic E-state index is 0.000787. The van der Waals surface area contributed by atoms with E-state index in [1.54, 1.807) is 0 Å². The molecule has 0 amide bonds. The zero-order valence-electron chi connectivity index (χ0n) is 4.72. The van der Waals surface area contributed by atoms with Crippen molar-refractivity contribution in [3.63, 3.8) is 0 Å². The van der Waals surface area contributed by atoms with E-state index < -0.39 is 0 Å². The van der Waals surface area contributed by atoms with Gasteiger partial charge >= 0.3 is 5.69 Å². The van der Waals surface area contributed by atoms with Gasteiger partial charge in [0.05, 0.1) is 6.61 Å². The Kier molecular flexibility index (Phi) is 1.64. The van der Waals surface area contributed by atoms with Crippen LogP contribution in [0.1, 0.15) is 5.82 Å². The number of H-pyrrole nitrogens is 2. The number of aliphatic hydroxyl groups excluding tert-OH is 1. The lowest BCUT2D eigenvalue weighted by atomic mass is 10.4. The summed E-state index contributed by atoms with van der Waals surface area (Å²) in [5.41, 5.74) is -0.335. The van der Waals surface area contributed by atoms with Crippen molar-refractivity contribution in [2.75, 3.05) is 6.61 Å². The fraction of sp³-hybridized carbons (Fsp3) is 0.500. The van der Waals surface area contributed by atoms with Crippen molar-refractivity contribution in [1.82, 2.24) is 15.2 Å². The van der Waals surface area contributed by atoms with Crippen LogP contribution in [0.2, 0.25) is 0 Å². The van der Waals surface area contributed by atoms with Crippen molar-refractivity contribution in [1.29, 1.82) is 0 Å². The molecule has 5 heteroatoms. The molecule has 5 nitrogen and oxygen atoms in total. The highest BCUT2D eigenvalue weighted by molar-refractivity contribution is 4.79. The fourth-order valence-electron chi connectivity index (χ4n) is 0.530. The molecule has 0 fully saturated rings. The first-order valence-electron chi connectivity index (χ1n) is 2.57. The molecule has 0 saturated heterocycles. The monoisotopic (exact) mass is 129 g/mol. The second-order valence-electron chi connectivity index (χ2n) is 1.60. The van der Waals surface area contributed by atoms with Gasteiger partial charge in [-0.3, -0.25) is 4.98 Å². The first-order valence-corrected chi connectivity index (χ1v) is 2.57. The first-order chi connectivity index (χ1) is 4.33. The van der Waals surface area contributed by atoms with Crippen LogP contribution in [-0.4, -0.2) is 26.9 Å². The van der Waals surface area contributed by atoms with E-state index in [9.17, 15) is 4.79 Å². The standard InChI is InChI=1S/C4H7N3O2/c8-2-1-3-5-4(9)7-6-3/h8H,1-2H2,(H2,5,6,7,9). The lowest BCUT2D eigenvalue weighted by Crippen LogP contribution is -2.01. The molecule has 0 unspecified atom stereocenters. The summed E-state index contributed by atoms with van der Waals surface area (Å²) in [5, 5.41) is 14.1. The van der Waals surface area contributed by atoms with Crippen LogP contribution >= 0.6 is 0 Å². The summed E-state index contributed by atoms with van der Waals surface area (Å²) >= 11 is 0. The molecule has 9 heavy (non-hydrogen) atoms. The van der Waals surface area contributed by atoms with E-state index in [0.717, 1.165) is 0 Å². The predicted molar refractivity (Wildman–Crippen MR) is 30.0 cm³/mol. The molecular formula is C4H7N3O2. The number of aromatic nitrogens is 3. The Labute approximate surface area is 50.7 Å². The zero-order valence-corrected chi connectivity index (χ0v) is 4.72. The fourth-order valence-corrected chi connectivity index (χ4v) is 0.530. The average Bonchev–Trinajstić information content (AvgIpc) is 2.17. The summed E-state index contributed by atoms with van der Waals surface area (Å²) in [6.07, 6.45) is 0.388. The molecule has 0 saturated carbocycles. The molecule has 0 aliphatic carbocycles. The Morgan fingerprint density at radius 3 is 2.89 bits per heavy atom. The van der Waals surface area contributed by atoms with Crippen molar-refractivity contribution in [2.24, 2.45) is 0 Å². The lowest BCUT2D eigenvalue weighted by Gasteiger charge is -1.83. The van der Waals surface area contributed by atoms with E-state index in [4.69, 9.17) is 5.11 Å². The summed E-state index contributed by atoms with van der Waals surface area (Å²) < 4.78 is 0. The molecule has 50 valence electrons. The molecule has 3 N–H and O–H groups in total. The number of aliphatic hydroxyl groups is 1. The number of hydrogen-bond acceptors (Lipinski definition) is 3. The van der Waals surface area contributed by atoms with Gasteiger partial charge in [0.1, 0.15) is 5.82 Å². The maximum Gasteiger partial charge on any atom is 0.340 e. The summed E-state index contributed by atoms with van der Waals surface area (Å²) in [7, 11) is 0. The number of hydrogen-bond donors (Lipinski definition) is 3. The first kappa shape index (κ1) is 6.03. The van der Waals surface area contributed by atoms with E-state index in [-0.39, 0.29) is 12.3 Å². The largest absolute Gasteiger partial charge is 0.396 e. The zero-order chi connectivity index (χ0) is 6.69. The second kappa shape index (κ2) is 2.45. The summed E-state index contributed by atoms with van der Waals surface area (Å²) in [6.45, 7) is 0.000787. The van der Waals surface area contributed by atoms with Gasteiger partial charge in [0.15, 0.2) is 0 Å². The van der Waals surface area contributed by atoms with Gasteiger partial charge in [-0.1, -0.05) is 0 Å².